The van der Waals surface area contributed by atoms with Crippen LogP contribution in [0.5, 0.6) is 0 Å². The van der Waals surface area contributed by atoms with Gasteiger partial charge in [0.2, 0.25) is 0 Å². The lowest BCUT2D eigenvalue weighted by atomic mass is 10.1. The highest BCUT2D eigenvalue weighted by atomic mass is 15.4. The molecule has 4 heteroatoms. The van der Waals surface area contributed by atoms with E-state index in [-0.39, 0.29) is 0 Å². The fourth-order valence-electron chi connectivity index (χ4n) is 2.28. The van der Waals surface area contributed by atoms with Crippen molar-refractivity contribution in [2.75, 3.05) is 0 Å². The summed E-state index contributed by atoms with van der Waals surface area (Å²) in [6.45, 7) is 2.43. The Kier molecular flexibility index (Phi) is 3.31. The summed E-state index contributed by atoms with van der Waals surface area (Å²) in [7, 11) is 0. The molecule has 0 bridgehead atoms. The van der Waals surface area contributed by atoms with Crippen molar-refractivity contribution in [3.8, 4) is 16.9 Å². The van der Waals surface area contributed by atoms with Crippen LogP contribution >= 0.6 is 0 Å². The highest BCUT2D eigenvalue weighted by Gasteiger charge is 2.14. The number of aryl methyl sites for hydroxylation is 1. The average Bonchev–Trinajstić information content (AvgIpc) is 2.92. The molecule has 2 aromatic carbocycles. The minimum absolute atomic E-state index is 0.371. The lowest BCUT2D eigenvalue weighted by molar-refractivity contribution is 0.799. The van der Waals surface area contributed by atoms with Crippen molar-refractivity contribution in [1.29, 1.82) is 0 Å². The van der Waals surface area contributed by atoms with Gasteiger partial charge >= 0.3 is 0 Å². The van der Waals surface area contributed by atoms with E-state index in [4.69, 9.17) is 5.73 Å². The van der Waals surface area contributed by atoms with E-state index in [1.54, 1.807) is 0 Å². The molecular weight excluding hydrogens is 248 g/mol. The van der Waals surface area contributed by atoms with Crippen LogP contribution in [0.15, 0.2) is 54.6 Å². The predicted molar refractivity (Wildman–Crippen MR) is 79.4 cm³/mol. The Morgan fingerprint density at radius 1 is 1.05 bits per heavy atom. The first kappa shape index (κ1) is 12.6. The van der Waals surface area contributed by atoms with Crippen LogP contribution < -0.4 is 5.73 Å². The summed E-state index contributed by atoms with van der Waals surface area (Å²) in [6.07, 6.45) is 0. The van der Waals surface area contributed by atoms with E-state index in [1.165, 1.54) is 5.56 Å². The van der Waals surface area contributed by atoms with Crippen LogP contribution in [0.25, 0.3) is 16.9 Å². The zero-order valence-corrected chi connectivity index (χ0v) is 11.3. The Bertz CT molecular complexity index is 716. The number of hydrogen-bond acceptors (Lipinski definition) is 3. The molecule has 100 valence electrons. The molecule has 1 aromatic heterocycles. The molecule has 0 radical (unpaired) electrons. The quantitative estimate of drug-likeness (QED) is 0.791. The standard InChI is InChI=1S/C16H16N4/c1-12-6-5-9-14(10-12)20-16(15(11-17)18-19-20)13-7-3-2-4-8-13/h2-10H,11,17H2,1H3. The van der Waals surface area contributed by atoms with Gasteiger partial charge in [-0.1, -0.05) is 47.7 Å². The minimum atomic E-state index is 0.371. The zero-order chi connectivity index (χ0) is 13.9. The smallest absolute Gasteiger partial charge is 0.105 e. The molecule has 0 saturated carbocycles. The van der Waals surface area contributed by atoms with E-state index >= 15 is 0 Å². The van der Waals surface area contributed by atoms with E-state index < -0.39 is 0 Å². The molecule has 0 unspecified atom stereocenters. The fourth-order valence-corrected chi connectivity index (χ4v) is 2.28. The maximum Gasteiger partial charge on any atom is 0.105 e. The van der Waals surface area contributed by atoms with Gasteiger partial charge in [0, 0.05) is 12.1 Å². The average molecular weight is 264 g/mol. The molecule has 0 saturated heterocycles. The molecule has 3 aromatic rings. The molecule has 0 fully saturated rings. The molecule has 0 aliphatic heterocycles. The number of nitrogens with zero attached hydrogens (tertiary/aromatic N) is 3. The van der Waals surface area contributed by atoms with Crippen LogP contribution in [0, 0.1) is 6.92 Å². The van der Waals surface area contributed by atoms with Crippen LogP contribution in [0.1, 0.15) is 11.3 Å². The summed E-state index contributed by atoms with van der Waals surface area (Å²) in [5.74, 6) is 0. The van der Waals surface area contributed by atoms with Crippen molar-refractivity contribution in [1.82, 2.24) is 15.0 Å². The summed E-state index contributed by atoms with van der Waals surface area (Å²) in [5, 5.41) is 8.47. The Labute approximate surface area is 117 Å². The van der Waals surface area contributed by atoms with Gasteiger partial charge in [-0.3, -0.25) is 0 Å². The SMILES string of the molecule is Cc1cccc(-n2nnc(CN)c2-c2ccccc2)c1. The number of benzene rings is 2. The third kappa shape index (κ3) is 2.21. The number of nitrogens with two attached hydrogens (primary N) is 1. The van der Waals surface area contributed by atoms with Gasteiger partial charge in [0.1, 0.15) is 5.69 Å². The van der Waals surface area contributed by atoms with Crippen molar-refractivity contribution >= 4 is 0 Å². The fraction of sp³-hybridized carbons (Fsp3) is 0.125. The second kappa shape index (κ2) is 5.27. The first-order valence-electron chi connectivity index (χ1n) is 6.56. The van der Waals surface area contributed by atoms with Crippen LogP contribution in [0.2, 0.25) is 0 Å². The van der Waals surface area contributed by atoms with Crippen LogP contribution in [0.3, 0.4) is 0 Å². The molecule has 0 aliphatic rings. The summed E-state index contributed by atoms with van der Waals surface area (Å²) < 4.78 is 1.85. The van der Waals surface area contributed by atoms with E-state index in [0.717, 1.165) is 22.6 Å². The maximum absolute atomic E-state index is 5.79. The van der Waals surface area contributed by atoms with Gasteiger partial charge < -0.3 is 5.73 Å². The normalized spacial score (nSPS) is 10.7. The summed E-state index contributed by atoms with van der Waals surface area (Å²) >= 11 is 0. The summed E-state index contributed by atoms with van der Waals surface area (Å²) in [6, 6.07) is 18.3. The Hall–Kier alpha value is -2.46. The highest BCUT2D eigenvalue weighted by Crippen LogP contribution is 2.25. The van der Waals surface area contributed by atoms with Gasteiger partial charge in [-0.05, 0) is 24.6 Å². The molecular formula is C16H16N4. The van der Waals surface area contributed by atoms with E-state index in [0.29, 0.717) is 6.54 Å². The Morgan fingerprint density at radius 3 is 2.55 bits per heavy atom. The topological polar surface area (TPSA) is 56.7 Å². The van der Waals surface area contributed by atoms with E-state index in [1.807, 2.05) is 47.1 Å². The van der Waals surface area contributed by atoms with Gasteiger partial charge in [0.25, 0.3) is 0 Å². The first-order valence-corrected chi connectivity index (χ1v) is 6.56. The van der Waals surface area contributed by atoms with Crippen molar-refractivity contribution in [3.05, 3.63) is 65.9 Å². The number of aromatic nitrogens is 3. The predicted octanol–water partition coefficient (Wildman–Crippen LogP) is 2.70. The molecule has 3 rings (SSSR count). The second-order valence-corrected chi connectivity index (χ2v) is 4.71. The third-order valence-corrected chi connectivity index (χ3v) is 3.23. The number of rotatable bonds is 3. The molecule has 0 aliphatic carbocycles. The van der Waals surface area contributed by atoms with Crippen molar-refractivity contribution in [3.63, 3.8) is 0 Å². The largest absolute Gasteiger partial charge is 0.325 e. The first-order chi connectivity index (χ1) is 9.79. The summed E-state index contributed by atoms with van der Waals surface area (Å²) in [4.78, 5) is 0. The minimum Gasteiger partial charge on any atom is -0.325 e. The molecule has 0 spiro atoms. The number of hydrogen-bond donors (Lipinski definition) is 1. The molecule has 4 nitrogen and oxygen atoms in total. The zero-order valence-electron chi connectivity index (χ0n) is 11.3. The van der Waals surface area contributed by atoms with E-state index in [9.17, 15) is 0 Å². The van der Waals surface area contributed by atoms with E-state index in [2.05, 4.69) is 29.4 Å². The molecule has 0 amide bonds. The third-order valence-electron chi connectivity index (χ3n) is 3.23. The van der Waals surface area contributed by atoms with Gasteiger partial charge in [-0.2, -0.15) is 0 Å². The van der Waals surface area contributed by atoms with Crippen LogP contribution in [0.4, 0.5) is 0 Å². The monoisotopic (exact) mass is 264 g/mol. The molecule has 20 heavy (non-hydrogen) atoms. The van der Waals surface area contributed by atoms with Crippen LogP contribution in [-0.2, 0) is 6.54 Å². The van der Waals surface area contributed by atoms with Gasteiger partial charge in [-0.15, -0.1) is 5.10 Å². The molecule has 0 atom stereocenters. The van der Waals surface area contributed by atoms with Crippen molar-refractivity contribution in [2.45, 2.75) is 13.5 Å². The molecule has 1 heterocycles. The highest BCUT2D eigenvalue weighted by molar-refractivity contribution is 5.64. The second-order valence-electron chi connectivity index (χ2n) is 4.71. The van der Waals surface area contributed by atoms with Gasteiger partial charge in [-0.25, -0.2) is 4.68 Å². The maximum atomic E-state index is 5.79. The lowest BCUT2D eigenvalue weighted by Crippen LogP contribution is -2.02. The van der Waals surface area contributed by atoms with Crippen LogP contribution in [-0.4, -0.2) is 15.0 Å². The summed E-state index contributed by atoms with van der Waals surface area (Å²) in [5.41, 5.74) is 10.8. The Balaban J connectivity index is 2.20. The molecule has 2 N–H and O–H groups in total. The van der Waals surface area contributed by atoms with Crippen molar-refractivity contribution < 1.29 is 0 Å². The lowest BCUT2D eigenvalue weighted by Gasteiger charge is -2.08. The van der Waals surface area contributed by atoms with Crippen molar-refractivity contribution in [2.24, 2.45) is 5.73 Å². The Morgan fingerprint density at radius 2 is 1.85 bits per heavy atom. The van der Waals surface area contributed by atoms with Gasteiger partial charge in [0.15, 0.2) is 0 Å². The van der Waals surface area contributed by atoms with Gasteiger partial charge in [0.05, 0.1) is 11.4 Å².